The van der Waals surface area contributed by atoms with Crippen LogP contribution in [0.1, 0.15) is 43.2 Å². The molecule has 1 aromatic rings. The second kappa shape index (κ2) is 10.1. The van der Waals surface area contributed by atoms with Gasteiger partial charge in [-0.25, -0.2) is 0 Å². The van der Waals surface area contributed by atoms with Gasteiger partial charge in [0.25, 0.3) is 0 Å². The summed E-state index contributed by atoms with van der Waals surface area (Å²) in [4.78, 5) is 16.8. The second-order valence-corrected chi connectivity index (χ2v) is 7.48. The Labute approximate surface area is 176 Å². The van der Waals surface area contributed by atoms with E-state index in [0.29, 0.717) is 26.2 Å². The van der Waals surface area contributed by atoms with Crippen LogP contribution in [0.25, 0.3) is 0 Å². The lowest BCUT2D eigenvalue weighted by Gasteiger charge is -2.30. The van der Waals surface area contributed by atoms with Crippen molar-refractivity contribution in [3.05, 3.63) is 35.4 Å². The minimum Gasteiger partial charge on any atom is -0.340 e. The van der Waals surface area contributed by atoms with Crippen LogP contribution in [0.4, 0.5) is 13.2 Å². The van der Waals surface area contributed by atoms with E-state index in [0.717, 1.165) is 56.3 Å². The van der Waals surface area contributed by atoms with Crippen LogP contribution in [-0.4, -0.2) is 47.4 Å². The summed E-state index contributed by atoms with van der Waals surface area (Å²) in [6, 6.07) is 5.32. The van der Waals surface area contributed by atoms with Gasteiger partial charge in [-0.3, -0.25) is 9.69 Å². The molecule has 1 heterocycles. The number of hydrogen-bond acceptors (Lipinski definition) is 3. The smallest absolute Gasteiger partial charge is 0.340 e. The number of nitrogens with zero attached hydrogens (tertiary/aromatic N) is 2. The lowest BCUT2D eigenvalue weighted by molar-refractivity contribution is -0.138. The number of amides is 1. The Morgan fingerprint density at radius 1 is 0.964 bits per heavy atom. The van der Waals surface area contributed by atoms with E-state index in [1.807, 2.05) is 4.90 Å². The third kappa shape index (κ3) is 5.99. The van der Waals surface area contributed by atoms with Crippen molar-refractivity contribution < 1.29 is 18.0 Å². The molecule has 0 radical (unpaired) electrons. The van der Waals surface area contributed by atoms with Crippen LogP contribution < -0.4 is 5.73 Å². The van der Waals surface area contributed by atoms with E-state index in [4.69, 9.17) is 5.73 Å². The van der Waals surface area contributed by atoms with Crippen LogP contribution >= 0.6 is 24.8 Å². The maximum atomic E-state index is 12.7. The first-order chi connectivity index (χ1) is 12.3. The molecule has 2 N–H and O–H groups in total. The summed E-state index contributed by atoms with van der Waals surface area (Å²) in [5.41, 5.74) is 5.83. The molecule has 9 heteroatoms. The molecule has 2 aliphatic rings. The average molecular weight is 442 g/mol. The van der Waals surface area contributed by atoms with Gasteiger partial charge in [-0.05, 0) is 37.0 Å². The Bertz CT molecular complexity index is 634. The van der Waals surface area contributed by atoms with Gasteiger partial charge in [0.05, 0.1) is 11.1 Å². The Morgan fingerprint density at radius 2 is 1.57 bits per heavy atom. The molecule has 1 amide bonds. The monoisotopic (exact) mass is 441 g/mol. The molecule has 2 fully saturated rings. The van der Waals surface area contributed by atoms with E-state index in [1.165, 1.54) is 12.1 Å². The SMILES string of the molecule is Cl.Cl.NC1(C(=O)N2CCCN(Cc3ccc(C(F)(F)F)cc3)CC2)CCCC1. The van der Waals surface area contributed by atoms with Crippen molar-refractivity contribution in [3.8, 4) is 0 Å². The van der Waals surface area contributed by atoms with Crippen molar-refractivity contribution in [2.75, 3.05) is 26.2 Å². The zero-order chi connectivity index (χ0) is 18.8. The number of nitrogens with two attached hydrogens (primary N) is 1. The van der Waals surface area contributed by atoms with Crippen molar-refractivity contribution in [3.63, 3.8) is 0 Å². The number of carbonyl (C=O) groups excluding carboxylic acids is 1. The van der Waals surface area contributed by atoms with Crippen LogP contribution in [-0.2, 0) is 17.5 Å². The zero-order valence-electron chi connectivity index (χ0n) is 15.7. The number of halogens is 5. The molecule has 1 aromatic carbocycles. The van der Waals surface area contributed by atoms with Gasteiger partial charge in [-0.1, -0.05) is 25.0 Å². The fraction of sp³-hybridized carbons (Fsp3) is 0.632. The predicted molar refractivity (Wildman–Crippen MR) is 108 cm³/mol. The molecule has 0 bridgehead atoms. The van der Waals surface area contributed by atoms with Crippen LogP contribution in [0.15, 0.2) is 24.3 Å². The summed E-state index contributed by atoms with van der Waals surface area (Å²) < 4.78 is 38.0. The van der Waals surface area contributed by atoms with Crippen molar-refractivity contribution in [1.82, 2.24) is 9.80 Å². The van der Waals surface area contributed by atoms with E-state index in [2.05, 4.69) is 4.90 Å². The highest BCUT2D eigenvalue weighted by Gasteiger charge is 2.40. The van der Waals surface area contributed by atoms with Crippen molar-refractivity contribution >= 4 is 30.7 Å². The van der Waals surface area contributed by atoms with E-state index in [-0.39, 0.29) is 30.7 Å². The summed E-state index contributed by atoms with van der Waals surface area (Å²) in [6.07, 6.45) is 0.0876. The van der Waals surface area contributed by atoms with Crippen LogP contribution in [0.3, 0.4) is 0 Å². The lowest BCUT2D eigenvalue weighted by Crippen LogP contribution is -2.54. The van der Waals surface area contributed by atoms with E-state index in [1.54, 1.807) is 0 Å². The van der Waals surface area contributed by atoms with Crippen LogP contribution in [0, 0.1) is 0 Å². The molecular formula is C19H28Cl2F3N3O. The van der Waals surface area contributed by atoms with E-state index < -0.39 is 17.3 Å². The van der Waals surface area contributed by atoms with Gasteiger partial charge in [0.1, 0.15) is 0 Å². The Kier molecular flexibility index (Phi) is 9.06. The van der Waals surface area contributed by atoms with Gasteiger partial charge in [0.15, 0.2) is 0 Å². The van der Waals surface area contributed by atoms with Gasteiger partial charge < -0.3 is 10.6 Å². The van der Waals surface area contributed by atoms with Gasteiger partial charge in [0, 0.05) is 32.7 Å². The standard InChI is InChI=1S/C19H26F3N3O.2ClH/c20-19(21,22)16-6-4-15(5-7-16)14-24-10-3-11-25(13-12-24)17(26)18(23)8-1-2-9-18;;/h4-7H,1-3,8-14,23H2;2*1H. The highest BCUT2D eigenvalue weighted by molar-refractivity contribution is 5.86. The Hall–Kier alpha value is -1.02. The number of carbonyl (C=O) groups is 1. The summed E-state index contributed by atoms with van der Waals surface area (Å²) in [7, 11) is 0. The fourth-order valence-electron chi connectivity index (χ4n) is 3.92. The zero-order valence-corrected chi connectivity index (χ0v) is 17.3. The highest BCUT2D eigenvalue weighted by Crippen LogP contribution is 2.30. The highest BCUT2D eigenvalue weighted by atomic mass is 35.5. The molecule has 28 heavy (non-hydrogen) atoms. The first kappa shape index (κ1) is 25.0. The summed E-state index contributed by atoms with van der Waals surface area (Å²) in [5, 5.41) is 0. The molecule has 0 unspecified atom stereocenters. The summed E-state index contributed by atoms with van der Waals surface area (Å²) in [5.74, 6) is 0.0615. The van der Waals surface area contributed by atoms with Crippen LogP contribution in [0.2, 0.25) is 0 Å². The molecule has 1 saturated carbocycles. The number of alkyl halides is 3. The molecular weight excluding hydrogens is 414 g/mol. The molecule has 0 atom stereocenters. The lowest BCUT2D eigenvalue weighted by atomic mass is 9.97. The molecule has 3 rings (SSSR count). The topological polar surface area (TPSA) is 49.6 Å². The fourth-order valence-corrected chi connectivity index (χ4v) is 3.92. The minimum absolute atomic E-state index is 0. The molecule has 0 spiro atoms. The normalized spacial score (nSPS) is 20.1. The maximum absolute atomic E-state index is 12.7. The molecule has 1 aliphatic heterocycles. The molecule has 160 valence electrons. The summed E-state index contributed by atoms with van der Waals surface area (Å²) >= 11 is 0. The molecule has 1 aliphatic carbocycles. The first-order valence-corrected chi connectivity index (χ1v) is 9.25. The van der Waals surface area contributed by atoms with Crippen molar-refractivity contribution in [2.24, 2.45) is 5.73 Å². The molecule has 0 aromatic heterocycles. The molecule has 4 nitrogen and oxygen atoms in total. The minimum atomic E-state index is -4.31. The van der Waals surface area contributed by atoms with Crippen molar-refractivity contribution in [2.45, 2.75) is 50.4 Å². The predicted octanol–water partition coefficient (Wildman–Crippen LogP) is 3.85. The summed E-state index contributed by atoms with van der Waals surface area (Å²) in [6.45, 7) is 3.44. The van der Waals surface area contributed by atoms with E-state index in [9.17, 15) is 18.0 Å². The number of benzene rings is 1. The third-order valence-corrected chi connectivity index (χ3v) is 5.48. The van der Waals surface area contributed by atoms with E-state index >= 15 is 0 Å². The van der Waals surface area contributed by atoms with Gasteiger partial charge in [0.2, 0.25) is 5.91 Å². The average Bonchev–Trinajstić information content (AvgIpc) is 2.91. The van der Waals surface area contributed by atoms with Crippen LogP contribution in [0.5, 0.6) is 0 Å². The quantitative estimate of drug-likeness (QED) is 0.774. The van der Waals surface area contributed by atoms with Crippen molar-refractivity contribution in [1.29, 1.82) is 0 Å². The van der Waals surface area contributed by atoms with Gasteiger partial charge >= 0.3 is 6.18 Å². The second-order valence-electron chi connectivity index (χ2n) is 7.48. The van der Waals surface area contributed by atoms with Gasteiger partial charge in [-0.15, -0.1) is 24.8 Å². The third-order valence-electron chi connectivity index (χ3n) is 5.48. The van der Waals surface area contributed by atoms with Gasteiger partial charge in [-0.2, -0.15) is 13.2 Å². The Morgan fingerprint density at radius 3 is 2.14 bits per heavy atom. The number of hydrogen-bond donors (Lipinski definition) is 1. The largest absolute Gasteiger partial charge is 0.416 e. The maximum Gasteiger partial charge on any atom is 0.416 e. The first-order valence-electron chi connectivity index (χ1n) is 9.25. The Balaban J connectivity index is 0.00000196. The molecule has 1 saturated heterocycles. The number of rotatable bonds is 3.